The summed E-state index contributed by atoms with van der Waals surface area (Å²) < 4.78 is 5.44. The lowest BCUT2D eigenvalue weighted by molar-refractivity contribution is 0.106. The Morgan fingerprint density at radius 1 is 1.19 bits per heavy atom. The fourth-order valence-electron chi connectivity index (χ4n) is 1.70. The van der Waals surface area contributed by atoms with Crippen molar-refractivity contribution in [2.24, 2.45) is 5.92 Å². The Labute approximate surface area is 98.3 Å². The molecule has 2 heteroatoms. The SMILES string of the molecule is CCCOCCC(CO)Cc1ccccc1. The van der Waals surface area contributed by atoms with Crippen molar-refractivity contribution in [1.29, 1.82) is 0 Å². The molecule has 0 bridgehead atoms. The van der Waals surface area contributed by atoms with Crippen LogP contribution in [0.5, 0.6) is 0 Å². The van der Waals surface area contributed by atoms with Crippen LogP contribution in [-0.2, 0) is 11.2 Å². The van der Waals surface area contributed by atoms with Gasteiger partial charge in [-0.25, -0.2) is 0 Å². The highest BCUT2D eigenvalue weighted by atomic mass is 16.5. The van der Waals surface area contributed by atoms with Crippen LogP contribution in [0.1, 0.15) is 25.3 Å². The second kappa shape index (κ2) is 8.31. The Bertz CT molecular complexity index is 259. The van der Waals surface area contributed by atoms with Crippen molar-refractivity contribution in [3.8, 4) is 0 Å². The van der Waals surface area contributed by atoms with E-state index < -0.39 is 0 Å². The Balaban J connectivity index is 2.26. The van der Waals surface area contributed by atoms with Gasteiger partial charge in [-0.05, 0) is 30.7 Å². The summed E-state index contributed by atoms with van der Waals surface area (Å²) in [6.45, 7) is 3.92. The van der Waals surface area contributed by atoms with Gasteiger partial charge < -0.3 is 9.84 Å². The first-order chi connectivity index (χ1) is 7.86. The van der Waals surface area contributed by atoms with Crippen molar-refractivity contribution in [3.63, 3.8) is 0 Å². The molecule has 1 aromatic carbocycles. The van der Waals surface area contributed by atoms with E-state index in [1.54, 1.807) is 0 Å². The number of hydrogen-bond donors (Lipinski definition) is 1. The average molecular weight is 222 g/mol. The molecule has 0 saturated carbocycles. The smallest absolute Gasteiger partial charge is 0.0469 e. The molecule has 1 unspecified atom stereocenters. The van der Waals surface area contributed by atoms with E-state index in [0.717, 1.165) is 32.5 Å². The van der Waals surface area contributed by atoms with E-state index in [0.29, 0.717) is 5.92 Å². The predicted octanol–water partition coefficient (Wildman–Crippen LogP) is 2.65. The molecular weight excluding hydrogens is 200 g/mol. The maximum Gasteiger partial charge on any atom is 0.0469 e. The third kappa shape index (κ3) is 5.29. The Morgan fingerprint density at radius 3 is 2.56 bits per heavy atom. The van der Waals surface area contributed by atoms with Crippen LogP contribution in [0.4, 0.5) is 0 Å². The summed E-state index contributed by atoms with van der Waals surface area (Å²) in [5.74, 6) is 0.319. The van der Waals surface area contributed by atoms with Gasteiger partial charge in [0.1, 0.15) is 0 Å². The molecule has 0 amide bonds. The minimum Gasteiger partial charge on any atom is -0.396 e. The van der Waals surface area contributed by atoms with Gasteiger partial charge in [-0.3, -0.25) is 0 Å². The van der Waals surface area contributed by atoms with Gasteiger partial charge in [0.05, 0.1) is 0 Å². The highest BCUT2D eigenvalue weighted by Gasteiger charge is 2.08. The summed E-state index contributed by atoms with van der Waals surface area (Å²) in [4.78, 5) is 0. The third-order valence-electron chi connectivity index (χ3n) is 2.64. The zero-order chi connectivity index (χ0) is 11.6. The van der Waals surface area contributed by atoms with Crippen LogP contribution in [0.2, 0.25) is 0 Å². The number of ether oxygens (including phenoxy) is 1. The van der Waals surface area contributed by atoms with Crippen LogP contribution >= 0.6 is 0 Å². The topological polar surface area (TPSA) is 29.5 Å². The summed E-state index contributed by atoms with van der Waals surface area (Å²) in [6, 6.07) is 10.3. The van der Waals surface area contributed by atoms with Gasteiger partial charge in [-0.15, -0.1) is 0 Å². The van der Waals surface area contributed by atoms with E-state index in [2.05, 4.69) is 19.1 Å². The molecule has 0 spiro atoms. The zero-order valence-electron chi connectivity index (χ0n) is 10.1. The van der Waals surface area contributed by atoms with Gasteiger partial charge in [-0.1, -0.05) is 37.3 Å². The molecule has 0 radical (unpaired) electrons. The average Bonchev–Trinajstić information content (AvgIpc) is 2.34. The van der Waals surface area contributed by atoms with Crippen LogP contribution < -0.4 is 0 Å². The molecule has 0 aliphatic rings. The molecule has 0 aliphatic heterocycles. The van der Waals surface area contributed by atoms with Crippen molar-refractivity contribution in [2.45, 2.75) is 26.2 Å². The lowest BCUT2D eigenvalue weighted by atomic mass is 9.97. The number of hydrogen-bond acceptors (Lipinski definition) is 2. The van der Waals surface area contributed by atoms with Gasteiger partial charge in [-0.2, -0.15) is 0 Å². The monoisotopic (exact) mass is 222 g/mol. The van der Waals surface area contributed by atoms with E-state index >= 15 is 0 Å². The molecule has 0 fully saturated rings. The lowest BCUT2D eigenvalue weighted by Crippen LogP contribution is -2.13. The second-order valence-corrected chi connectivity index (χ2v) is 4.14. The first kappa shape index (κ1) is 13.2. The molecule has 0 saturated heterocycles. The van der Waals surface area contributed by atoms with Crippen molar-refractivity contribution in [3.05, 3.63) is 35.9 Å². The highest BCUT2D eigenvalue weighted by molar-refractivity contribution is 5.15. The quantitative estimate of drug-likeness (QED) is 0.685. The number of aliphatic hydroxyl groups is 1. The molecule has 1 atom stereocenters. The molecule has 1 rings (SSSR count). The van der Waals surface area contributed by atoms with Crippen molar-refractivity contribution >= 4 is 0 Å². The van der Waals surface area contributed by atoms with Crippen LogP contribution in [0.25, 0.3) is 0 Å². The molecule has 0 aliphatic carbocycles. The van der Waals surface area contributed by atoms with Crippen LogP contribution in [0.15, 0.2) is 30.3 Å². The molecule has 2 nitrogen and oxygen atoms in total. The maximum atomic E-state index is 9.29. The van der Waals surface area contributed by atoms with Gasteiger partial charge >= 0.3 is 0 Å². The minimum atomic E-state index is 0.240. The van der Waals surface area contributed by atoms with Gasteiger partial charge in [0, 0.05) is 19.8 Å². The number of rotatable bonds is 8. The van der Waals surface area contributed by atoms with E-state index in [1.165, 1.54) is 5.56 Å². The molecule has 16 heavy (non-hydrogen) atoms. The van der Waals surface area contributed by atoms with Crippen LogP contribution in [-0.4, -0.2) is 24.9 Å². The van der Waals surface area contributed by atoms with Crippen molar-refractivity contribution < 1.29 is 9.84 Å². The molecule has 90 valence electrons. The maximum absolute atomic E-state index is 9.29. The second-order valence-electron chi connectivity index (χ2n) is 4.14. The summed E-state index contributed by atoms with van der Waals surface area (Å²) in [6.07, 6.45) is 2.93. The number of aliphatic hydroxyl groups excluding tert-OH is 1. The third-order valence-corrected chi connectivity index (χ3v) is 2.64. The van der Waals surface area contributed by atoms with E-state index in [1.807, 2.05) is 18.2 Å². The Hall–Kier alpha value is -0.860. The number of benzene rings is 1. The standard InChI is InChI=1S/C14H22O2/c1-2-9-16-10-8-14(12-15)11-13-6-4-3-5-7-13/h3-7,14-15H,2,8-12H2,1H3. The fourth-order valence-corrected chi connectivity index (χ4v) is 1.70. The zero-order valence-corrected chi connectivity index (χ0v) is 10.1. The lowest BCUT2D eigenvalue weighted by Gasteiger charge is -2.14. The molecule has 0 aromatic heterocycles. The van der Waals surface area contributed by atoms with Gasteiger partial charge in [0.15, 0.2) is 0 Å². The van der Waals surface area contributed by atoms with Crippen molar-refractivity contribution in [2.75, 3.05) is 19.8 Å². The Morgan fingerprint density at radius 2 is 1.94 bits per heavy atom. The fraction of sp³-hybridized carbons (Fsp3) is 0.571. The molecule has 1 aromatic rings. The van der Waals surface area contributed by atoms with E-state index in [9.17, 15) is 5.11 Å². The highest BCUT2D eigenvalue weighted by Crippen LogP contribution is 2.11. The summed E-state index contributed by atoms with van der Waals surface area (Å²) in [5.41, 5.74) is 1.29. The Kier molecular flexibility index (Phi) is 6.86. The summed E-state index contributed by atoms with van der Waals surface area (Å²) in [5, 5.41) is 9.29. The summed E-state index contributed by atoms with van der Waals surface area (Å²) in [7, 11) is 0. The van der Waals surface area contributed by atoms with Crippen molar-refractivity contribution in [1.82, 2.24) is 0 Å². The minimum absolute atomic E-state index is 0.240. The van der Waals surface area contributed by atoms with E-state index in [-0.39, 0.29) is 6.61 Å². The van der Waals surface area contributed by atoms with Gasteiger partial charge in [0.25, 0.3) is 0 Å². The van der Waals surface area contributed by atoms with Gasteiger partial charge in [0.2, 0.25) is 0 Å². The first-order valence-corrected chi connectivity index (χ1v) is 6.09. The first-order valence-electron chi connectivity index (χ1n) is 6.09. The van der Waals surface area contributed by atoms with E-state index in [4.69, 9.17) is 4.74 Å². The van der Waals surface area contributed by atoms with Crippen LogP contribution in [0.3, 0.4) is 0 Å². The molecule has 1 N–H and O–H groups in total. The van der Waals surface area contributed by atoms with Crippen LogP contribution in [0, 0.1) is 5.92 Å². The summed E-state index contributed by atoms with van der Waals surface area (Å²) >= 11 is 0. The normalized spacial score (nSPS) is 12.6. The molecular formula is C14H22O2. The predicted molar refractivity (Wildman–Crippen MR) is 66.4 cm³/mol. The largest absolute Gasteiger partial charge is 0.396 e. The molecule has 0 heterocycles.